The number of Topliss-reactive ketones (excluding diaryl/α,β-unsaturated/α-hetero) is 1. The van der Waals surface area contributed by atoms with Gasteiger partial charge in [-0.25, -0.2) is 0 Å². The van der Waals surface area contributed by atoms with Crippen molar-refractivity contribution in [2.45, 2.75) is 33.1 Å². The first-order chi connectivity index (χ1) is 10.0. The molecule has 0 N–H and O–H groups in total. The van der Waals surface area contributed by atoms with E-state index in [9.17, 15) is 14.4 Å². The fraction of sp³-hybridized carbons (Fsp3) is 0.533. The van der Waals surface area contributed by atoms with Crippen LogP contribution in [-0.4, -0.2) is 30.9 Å². The van der Waals surface area contributed by atoms with Crippen LogP contribution in [-0.2, 0) is 23.9 Å². The van der Waals surface area contributed by atoms with Gasteiger partial charge in [0.2, 0.25) is 0 Å². The van der Waals surface area contributed by atoms with E-state index in [1.54, 1.807) is 13.8 Å². The summed E-state index contributed by atoms with van der Waals surface area (Å²) in [6.07, 6.45) is 0.100. The van der Waals surface area contributed by atoms with Crippen LogP contribution in [0.25, 0.3) is 0 Å². The predicted octanol–water partition coefficient (Wildman–Crippen LogP) is 2.55. The summed E-state index contributed by atoms with van der Waals surface area (Å²) >= 11 is 1.40. The number of rotatable bonds is 8. The molecule has 1 heterocycles. The van der Waals surface area contributed by atoms with Crippen molar-refractivity contribution in [1.82, 2.24) is 0 Å². The first-order valence-electron chi connectivity index (χ1n) is 6.87. The van der Waals surface area contributed by atoms with E-state index in [4.69, 9.17) is 9.47 Å². The Labute approximate surface area is 128 Å². The zero-order valence-corrected chi connectivity index (χ0v) is 13.3. The van der Waals surface area contributed by atoms with Crippen LogP contribution in [0.3, 0.4) is 0 Å². The highest BCUT2D eigenvalue weighted by Crippen LogP contribution is 2.33. The Balaban J connectivity index is 3.12. The monoisotopic (exact) mass is 312 g/mol. The predicted molar refractivity (Wildman–Crippen MR) is 79.1 cm³/mol. The fourth-order valence-electron chi connectivity index (χ4n) is 2.08. The van der Waals surface area contributed by atoms with Crippen LogP contribution in [0.4, 0.5) is 0 Å². The largest absolute Gasteiger partial charge is 0.465 e. The van der Waals surface area contributed by atoms with Crippen molar-refractivity contribution >= 4 is 29.1 Å². The Bertz CT molecular complexity index is 462. The van der Waals surface area contributed by atoms with E-state index in [2.05, 4.69) is 0 Å². The number of esters is 2. The van der Waals surface area contributed by atoms with Crippen LogP contribution in [0.15, 0.2) is 17.5 Å². The van der Waals surface area contributed by atoms with Crippen molar-refractivity contribution in [3.8, 4) is 0 Å². The topological polar surface area (TPSA) is 69.7 Å². The van der Waals surface area contributed by atoms with Crippen LogP contribution in [0.2, 0.25) is 0 Å². The van der Waals surface area contributed by atoms with E-state index >= 15 is 0 Å². The second-order valence-corrected chi connectivity index (χ2v) is 5.49. The van der Waals surface area contributed by atoms with Crippen LogP contribution in [0.1, 0.15) is 38.0 Å². The summed E-state index contributed by atoms with van der Waals surface area (Å²) in [6, 6.07) is 3.63. The van der Waals surface area contributed by atoms with E-state index in [-0.39, 0.29) is 25.4 Å². The van der Waals surface area contributed by atoms with Gasteiger partial charge in [-0.1, -0.05) is 6.07 Å². The van der Waals surface area contributed by atoms with Crippen molar-refractivity contribution in [3.05, 3.63) is 22.4 Å². The van der Waals surface area contributed by atoms with Gasteiger partial charge in [-0.15, -0.1) is 11.3 Å². The minimum atomic E-state index is -1.10. The highest BCUT2D eigenvalue weighted by molar-refractivity contribution is 7.10. The van der Waals surface area contributed by atoms with Crippen molar-refractivity contribution in [2.75, 3.05) is 13.2 Å². The zero-order chi connectivity index (χ0) is 15.8. The molecule has 1 rings (SSSR count). The maximum absolute atomic E-state index is 12.1. The Morgan fingerprint density at radius 1 is 1.14 bits per heavy atom. The van der Waals surface area contributed by atoms with Crippen molar-refractivity contribution in [3.63, 3.8) is 0 Å². The third-order valence-electron chi connectivity index (χ3n) is 2.90. The summed E-state index contributed by atoms with van der Waals surface area (Å²) in [7, 11) is 0. The van der Waals surface area contributed by atoms with E-state index in [1.807, 2.05) is 17.5 Å². The maximum atomic E-state index is 12.1. The molecular formula is C15H20O5S. The molecule has 1 aromatic heterocycles. The normalized spacial score (nSPS) is 12.0. The molecule has 0 fully saturated rings. The van der Waals surface area contributed by atoms with Crippen LogP contribution < -0.4 is 0 Å². The zero-order valence-electron chi connectivity index (χ0n) is 12.5. The molecular weight excluding hydrogens is 292 g/mol. The highest BCUT2D eigenvalue weighted by atomic mass is 32.1. The Morgan fingerprint density at radius 3 is 2.10 bits per heavy atom. The third-order valence-corrected chi connectivity index (χ3v) is 3.90. The van der Waals surface area contributed by atoms with Gasteiger partial charge >= 0.3 is 11.9 Å². The smallest absolute Gasteiger partial charge is 0.320 e. The molecule has 0 bridgehead atoms. The van der Waals surface area contributed by atoms with Gasteiger partial charge in [-0.2, -0.15) is 0 Å². The van der Waals surface area contributed by atoms with Gasteiger partial charge in [0.15, 0.2) is 5.92 Å². The number of carbonyl (C=O) groups excluding carboxylic acids is 3. The third kappa shape index (κ3) is 4.97. The average molecular weight is 312 g/mol. The summed E-state index contributed by atoms with van der Waals surface area (Å²) in [4.78, 5) is 36.6. The van der Waals surface area contributed by atoms with Crippen LogP contribution in [0.5, 0.6) is 0 Å². The van der Waals surface area contributed by atoms with Crippen molar-refractivity contribution in [2.24, 2.45) is 5.92 Å². The molecule has 0 saturated heterocycles. The standard InChI is InChI=1S/C15H20O5S/c1-4-19-14(17)13(15(18)20-5-2)11(9-10(3)16)12-7-6-8-21-12/h6-8,11,13H,4-5,9H2,1-3H3/t11-/m0/s1. The van der Waals surface area contributed by atoms with E-state index < -0.39 is 23.8 Å². The quantitative estimate of drug-likeness (QED) is 0.545. The lowest BCUT2D eigenvalue weighted by Crippen LogP contribution is -2.34. The van der Waals surface area contributed by atoms with Gasteiger partial charge in [0.1, 0.15) is 5.78 Å². The molecule has 21 heavy (non-hydrogen) atoms. The van der Waals surface area contributed by atoms with Crippen molar-refractivity contribution in [1.29, 1.82) is 0 Å². The SMILES string of the molecule is CCOC(=O)C(C(=O)OCC)[C@@H](CC(C)=O)c1cccs1. The number of ether oxygens (including phenoxy) is 2. The summed E-state index contributed by atoms with van der Waals surface area (Å²) in [6.45, 7) is 5.13. The lowest BCUT2D eigenvalue weighted by atomic mass is 9.86. The molecule has 6 heteroatoms. The lowest BCUT2D eigenvalue weighted by Gasteiger charge is -2.22. The highest BCUT2D eigenvalue weighted by Gasteiger charge is 2.39. The van der Waals surface area contributed by atoms with Gasteiger partial charge in [0, 0.05) is 17.2 Å². The van der Waals surface area contributed by atoms with E-state index in [1.165, 1.54) is 18.3 Å². The molecule has 1 atom stereocenters. The summed E-state index contributed by atoms with van der Waals surface area (Å²) in [5, 5.41) is 1.84. The Morgan fingerprint density at radius 2 is 1.71 bits per heavy atom. The first-order valence-corrected chi connectivity index (χ1v) is 7.75. The van der Waals surface area contributed by atoms with Crippen LogP contribution in [0, 0.1) is 5.92 Å². The maximum Gasteiger partial charge on any atom is 0.320 e. The lowest BCUT2D eigenvalue weighted by molar-refractivity contribution is -0.162. The number of hydrogen-bond acceptors (Lipinski definition) is 6. The molecule has 0 aliphatic rings. The van der Waals surface area contributed by atoms with Gasteiger partial charge in [0.05, 0.1) is 13.2 Å². The second-order valence-electron chi connectivity index (χ2n) is 4.51. The summed E-state index contributed by atoms with van der Waals surface area (Å²) < 4.78 is 9.97. The van der Waals surface area contributed by atoms with Crippen molar-refractivity contribution < 1.29 is 23.9 Å². The van der Waals surface area contributed by atoms with Gasteiger partial charge in [0.25, 0.3) is 0 Å². The molecule has 0 aliphatic carbocycles. The molecule has 1 aromatic rings. The summed E-state index contributed by atoms with van der Waals surface area (Å²) in [5.41, 5.74) is 0. The molecule has 5 nitrogen and oxygen atoms in total. The number of hydrogen-bond donors (Lipinski definition) is 0. The van der Waals surface area contributed by atoms with Crippen LogP contribution >= 0.6 is 11.3 Å². The molecule has 0 amide bonds. The number of thiophene rings is 1. The molecule has 0 unspecified atom stereocenters. The number of ketones is 1. The number of carbonyl (C=O) groups is 3. The minimum absolute atomic E-state index is 0.0907. The molecule has 0 spiro atoms. The van der Waals surface area contributed by atoms with E-state index in [0.29, 0.717) is 0 Å². The second kappa shape index (κ2) is 8.56. The molecule has 116 valence electrons. The summed E-state index contributed by atoms with van der Waals surface area (Å²) in [5.74, 6) is -3.02. The fourth-order valence-corrected chi connectivity index (χ4v) is 2.95. The van der Waals surface area contributed by atoms with E-state index in [0.717, 1.165) is 4.88 Å². The minimum Gasteiger partial charge on any atom is -0.465 e. The molecule has 0 radical (unpaired) electrons. The van der Waals surface area contributed by atoms with Gasteiger partial charge in [-0.05, 0) is 32.2 Å². The molecule has 0 aliphatic heterocycles. The first kappa shape index (κ1) is 17.4. The Kier molecular flexibility index (Phi) is 7.08. The molecule has 0 saturated carbocycles. The van der Waals surface area contributed by atoms with Gasteiger partial charge in [-0.3, -0.25) is 9.59 Å². The average Bonchev–Trinajstić information content (AvgIpc) is 2.91. The molecule has 0 aromatic carbocycles. The van der Waals surface area contributed by atoms with Gasteiger partial charge < -0.3 is 14.3 Å². The Hall–Kier alpha value is -1.69.